The van der Waals surface area contributed by atoms with Crippen LogP contribution in [0.25, 0.3) is 0 Å². The molecule has 3 aliphatic rings. The van der Waals surface area contributed by atoms with E-state index in [1.54, 1.807) is 5.01 Å². The first-order valence-corrected chi connectivity index (χ1v) is 11.4. The van der Waals surface area contributed by atoms with Crippen LogP contribution in [0.3, 0.4) is 0 Å². The summed E-state index contributed by atoms with van der Waals surface area (Å²) in [6.07, 6.45) is 8.43. The van der Waals surface area contributed by atoms with Gasteiger partial charge in [0.05, 0.1) is 5.92 Å². The summed E-state index contributed by atoms with van der Waals surface area (Å²) in [5.74, 6) is -1.24. The molecule has 1 saturated heterocycles. The number of carbonyl (C=O) groups is 1. The number of hydrogen-bond acceptors (Lipinski definition) is 4. The molecule has 1 N–H and O–H groups in total. The predicted molar refractivity (Wildman–Crippen MR) is 117 cm³/mol. The number of amides is 1. The Morgan fingerprint density at radius 3 is 2.93 bits per heavy atom. The maximum Gasteiger partial charge on any atom is 0.248 e. The van der Waals surface area contributed by atoms with E-state index in [-0.39, 0.29) is 17.4 Å². The number of nitrogens with zero attached hydrogens (tertiary/aromatic N) is 2. The molecule has 0 aromatic heterocycles. The van der Waals surface area contributed by atoms with E-state index in [1.165, 1.54) is 23.4 Å². The van der Waals surface area contributed by atoms with Gasteiger partial charge in [-0.3, -0.25) is 4.79 Å². The minimum atomic E-state index is -0.685. The molecule has 2 atom stereocenters. The van der Waals surface area contributed by atoms with E-state index in [0.29, 0.717) is 11.6 Å². The molecule has 1 aliphatic carbocycles. The standard InChI is InChI=1S/C23H27F2N3OS/c1-3-6-16-7-4-11-23(15(16)2)28(22(29)17-8-5-12-26-14-17)27-21(30-23)19-13-18(24)9-10-20(19)25/h3,6,9-10,13,17,26H,4-5,7-8,11-12,14H2,1-2H3/b6-3-. The molecule has 0 radical (unpaired) electrons. The fraction of sp³-hybridized carbons (Fsp3) is 0.478. The molecule has 2 aliphatic heterocycles. The fourth-order valence-corrected chi connectivity index (χ4v) is 6.03. The summed E-state index contributed by atoms with van der Waals surface area (Å²) in [7, 11) is 0. The van der Waals surface area contributed by atoms with Crippen molar-refractivity contribution in [3.8, 4) is 0 Å². The SMILES string of the molecule is C/C=C\C1=C(C)C2(CCC1)SC(c1cc(F)ccc1F)=NN2C(=O)C1CCCNC1. The zero-order valence-corrected chi connectivity index (χ0v) is 18.2. The van der Waals surface area contributed by atoms with Crippen LogP contribution in [-0.4, -0.2) is 33.9 Å². The van der Waals surface area contributed by atoms with E-state index in [0.717, 1.165) is 56.4 Å². The number of carbonyl (C=O) groups excluding carboxylic acids is 1. The number of allylic oxidation sites excluding steroid dienone is 3. The van der Waals surface area contributed by atoms with Gasteiger partial charge in [-0.15, -0.1) is 0 Å². The molecule has 160 valence electrons. The first-order valence-electron chi connectivity index (χ1n) is 10.6. The molecule has 1 amide bonds. The average molecular weight is 432 g/mol. The minimum absolute atomic E-state index is 0.0393. The normalized spacial score (nSPS) is 27.3. The number of rotatable bonds is 3. The Morgan fingerprint density at radius 1 is 1.37 bits per heavy atom. The van der Waals surface area contributed by atoms with E-state index in [4.69, 9.17) is 0 Å². The van der Waals surface area contributed by atoms with Crippen LogP contribution in [0.15, 0.2) is 46.6 Å². The third kappa shape index (κ3) is 3.73. The zero-order valence-electron chi connectivity index (χ0n) is 17.4. The Hall–Kier alpha value is -1.99. The number of thioether (sulfide) groups is 1. The lowest BCUT2D eigenvalue weighted by molar-refractivity contribution is -0.138. The largest absolute Gasteiger partial charge is 0.316 e. The second kappa shape index (κ2) is 8.63. The summed E-state index contributed by atoms with van der Waals surface area (Å²) in [5.41, 5.74) is 2.37. The van der Waals surface area contributed by atoms with Crippen molar-refractivity contribution in [3.05, 3.63) is 58.7 Å². The topological polar surface area (TPSA) is 44.7 Å². The van der Waals surface area contributed by atoms with Crippen molar-refractivity contribution in [1.82, 2.24) is 10.3 Å². The lowest BCUT2D eigenvalue weighted by Crippen LogP contribution is -2.50. The number of hydrazone groups is 1. The van der Waals surface area contributed by atoms with Crippen LogP contribution < -0.4 is 5.32 Å². The summed E-state index contributed by atoms with van der Waals surface area (Å²) in [6.45, 7) is 5.56. The van der Waals surface area contributed by atoms with Gasteiger partial charge in [0, 0.05) is 12.1 Å². The maximum atomic E-state index is 14.6. The van der Waals surface area contributed by atoms with E-state index < -0.39 is 16.5 Å². The summed E-state index contributed by atoms with van der Waals surface area (Å²) in [4.78, 5) is 12.9. The van der Waals surface area contributed by atoms with Gasteiger partial charge in [-0.05, 0) is 81.8 Å². The average Bonchev–Trinajstić information content (AvgIpc) is 3.13. The smallest absolute Gasteiger partial charge is 0.248 e. The molecule has 1 spiro atoms. The second-order valence-corrected chi connectivity index (χ2v) is 9.38. The van der Waals surface area contributed by atoms with Gasteiger partial charge in [0.2, 0.25) is 5.91 Å². The number of halogens is 2. The summed E-state index contributed by atoms with van der Waals surface area (Å²) < 4.78 is 28.4. The second-order valence-electron chi connectivity index (χ2n) is 8.11. The van der Waals surface area contributed by atoms with Crippen molar-refractivity contribution in [1.29, 1.82) is 0 Å². The minimum Gasteiger partial charge on any atom is -0.316 e. The summed E-state index contributed by atoms with van der Waals surface area (Å²) in [5, 5.41) is 9.88. The third-order valence-corrected chi connectivity index (χ3v) is 7.73. The van der Waals surface area contributed by atoms with Crippen molar-refractivity contribution in [2.75, 3.05) is 13.1 Å². The van der Waals surface area contributed by atoms with Crippen LogP contribution in [0.1, 0.15) is 51.5 Å². The van der Waals surface area contributed by atoms with Crippen LogP contribution in [0.5, 0.6) is 0 Å². The van der Waals surface area contributed by atoms with Gasteiger partial charge in [-0.25, -0.2) is 13.8 Å². The maximum absolute atomic E-state index is 14.6. The van der Waals surface area contributed by atoms with Gasteiger partial charge in [0.1, 0.15) is 21.5 Å². The molecule has 7 heteroatoms. The number of nitrogens with one attached hydrogen (secondary N) is 1. The molecule has 1 fully saturated rings. The first kappa shape index (κ1) is 21.2. The summed E-state index contributed by atoms with van der Waals surface area (Å²) >= 11 is 1.38. The molecule has 0 saturated carbocycles. The molecule has 30 heavy (non-hydrogen) atoms. The van der Waals surface area contributed by atoms with Crippen molar-refractivity contribution >= 4 is 22.7 Å². The lowest BCUT2D eigenvalue weighted by atomic mass is 9.86. The number of piperidine rings is 1. The Morgan fingerprint density at radius 2 is 2.20 bits per heavy atom. The zero-order chi connectivity index (χ0) is 21.3. The third-order valence-electron chi connectivity index (χ3n) is 6.21. The Bertz CT molecular complexity index is 936. The van der Waals surface area contributed by atoms with Gasteiger partial charge in [-0.1, -0.05) is 23.9 Å². The fourth-order valence-electron chi connectivity index (χ4n) is 4.57. The van der Waals surface area contributed by atoms with Crippen molar-refractivity contribution in [2.45, 2.75) is 50.8 Å². The Kier molecular flexibility index (Phi) is 6.11. The van der Waals surface area contributed by atoms with E-state index in [1.807, 2.05) is 19.9 Å². The highest BCUT2D eigenvalue weighted by atomic mass is 32.2. The van der Waals surface area contributed by atoms with Gasteiger partial charge < -0.3 is 5.32 Å². The summed E-state index contributed by atoms with van der Waals surface area (Å²) in [6, 6.07) is 3.38. The number of hydrogen-bond donors (Lipinski definition) is 1. The predicted octanol–water partition coefficient (Wildman–Crippen LogP) is 4.97. The van der Waals surface area contributed by atoms with Gasteiger partial charge >= 0.3 is 0 Å². The Balaban J connectivity index is 1.80. The first-order chi connectivity index (χ1) is 14.5. The highest BCUT2D eigenvalue weighted by molar-refractivity contribution is 8.16. The van der Waals surface area contributed by atoms with Crippen LogP contribution >= 0.6 is 11.8 Å². The van der Waals surface area contributed by atoms with Crippen molar-refractivity contribution in [3.63, 3.8) is 0 Å². The number of benzene rings is 1. The van der Waals surface area contributed by atoms with E-state index in [9.17, 15) is 13.6 Å². The quantitative estimate of drug-likeness (QED) is 0.735. The van der Waals surface area contributed by atoms with Crippen molar-refractivity contribution < 1.29 is 13.6 Å². The molecule has 4 nitrogen and oxygen atoms in total. The molecule has 1 aromatic rings. The molecule has 4 rings (SSSR count). The van der Waals surface area contributed by atoms with Crippen LogP contribution in [0.4, 0.5) is 8.78 Å². The molecule has 1 aromatic carbocycles. The van der Waals surface area contributed by atoms with Crippen molar-refractivity contribution in [2.24, 2.45) is 11.0 Å². The molecule has 0 bridgehead atoms. The monoisotopic (exact) mass is 431 g/mol. The lowest BCUT2D eigenvalue weighted by Gasteiger charge is -2.41. The molecular weight excluding hydrogens is 404 g/mol. The highest BCUT2D eigenvalue weighted by Gasteiger charge is 2.51. The van der Waals surface area contributed by atoms with Gasteiger partial charge in [-0.2, -0.15) is 5.10 Å². The van der Waals surface area contributed by atoms with Gasteiger partial charge in [0.15, 0.2) is 0 Å². The van der Waals surface area contributed by atoms with Crippen LogP contribution in [-0.2, 0) is 4.79 Å². The highest BCUT2D eigenvalue weighted by Crippen LogP contribution is 2.52. The van der Waals surface area contributed by atoms with E-state index >= 15 is 0 Å². The van der Waals surface area contributed by atoms with Gasteiger partial charge in [0.25, 0.3) is 0 Å². The Labute approximate surface area is 180 Å². The molecule has 2 heterocycles. The van der Waals surface area contributed by atoms with Crippen LogP contribution in [0.2, 0.25) is 0 Å². The molecular formula is C23H27F2N3OS. The van der Waals surface area contributed by atoms with Crippen LogP contribution in [0, 0.1) is 17.6 Å². The molecule has 2 unspecified atom stereocenters. The van der Waals surface area contributed by atoms with E-state index in [2.05, 4.69) is 16.5 Å².